The first-order valence-electron chi connectivity index (χ1n) is 9.63. The van der Waals surface area contributed by atoms with Crippen molar-refractivity contribution in [3.63, 3.8) is 0 Å². The van der Waals surface area contributed by atoms with Crippen molar-refractivity contribution in [1.29, 1.82) is 0 Å². The summed E-state index contributed by atoms with van der Waals surface area (Å²) >= 11 is 0. The van der Waals surface area contributed by atoms with Gasteiger partial charge in [0.1, 0.15) is 5.76 Å². The minimum absolute atomic E-state index is 0.265. The second kappa shape index (κ2) is 10.1. The van der Waals surface area contributed by atoms with Gasteiger partial charge in [0.2, 0.25) is 0 Å². The standard InChI is InChI=1S/C23H23N3O5/c1-15-7-5-11-19(16(15)2)25-23(29)26-21(27)14-31-22(28)18-9-3-4-10-20(18)24-13-17-8-6-12-30-17/h3-12,24H,13-14H2,1-2H3,(H2,25,26,27,29). The second-order valence-electron chi connectivity index (χ2n) is 6.80. The van der Waals surface area contributed by atoms with Crippen molar-refractivity contribution in [2.75, 3.05) is 17.2 Å². The smallest absolute Gasteiger partial charge is 0.340 e. The Morgan fingerprint density at radius 2 is 1.71 bits per heavy atom. The zero-order chi connectivity index (χ0) is 22.2. The molecule has 3 aromatic rings. The number of rotatable bonds is 7. The number of ether oxygens (including phenoxy) is 1. The zero-order valence-corrected chi connectivity index (χ0v) is 17.2. The maximum absolute atomic E-state index is 12.4. The monoisotopic (exact) mass is 421 g/mol. The zero-order valence-electron chi connectivity index (χ0n) is 17.2. The summed E-state index contributed by atoms with van der Waals surface area (Å²) in [5.74, 6) is -0.720. The molecule has 3 N–H and O–H groups in total. The van der Waals surface area contributed by atoms with E-state index >= 15 is 0 Å². The Balaban J connectivity index is 1.51. The third-order valence-corrected chi connectivity index (χ3v) is 4.62. The molecular weight excluding hydrogens is 398 g/mol. The lowest BCUT2D eigenvalue weighted by atomic mass is 10.1. The SMILES string of the molecule is Cc1cccc(NC(=O)NC(=O)COC(=O)c2ccccc2NCc2ccco2)c1C. The molecule has 3 rings (SSSR count). The molecule has 3 amide bonds. The summed E-state index contributed by atoms with van der Waals surface area (Å²) < 4.78 is 10.3. The second-order valence-corrected chi connectivity index (χ2v) is 6.80. The van der Waals surface area contributed by atoms with Gasteiger partial charge in [-0.1, -0.05) is 24.3 Å². The molecule has 0 aliphatic rings. The highest BCUT2D eigenvalue weighted by Gasteiger charge is 2.16. The van der Waals surface area contributed by atoms with E-state index in [1.165, 1.54) is 0 Å². The number of benzene rings is 2. The number of carbonyl (C=O) groups is 3. The van der Waals surface area contributed by atoms with Crippen molar-refractivity contribution in [2.24, 2.45) is 0 Å². The maximum atomic E-state index is 12.4. The predicted molar refractivity (Wildman–Crippen MR) is 116 cm³/mol. The van der Waals surface area contributed by atoms with Crippen LogP contribution in [0.4, 0.5) is 16.2 Å². The van der Waals surface area contributed by atoms with Gasteiger partial charge >= 0.3 is 12.0 Å². The van der Waals surface area contributed by atoms with Gasteiger partial charge in [-0.05, 0) is 55.3 Å². The Labute approximate surface area is 179 Å². The van der Waals surface area contributed by atoms with E-state index in [9.17, 15) is 14.4 Å². The quantitative estimate of drug-likeness (QED) is 0.497. The maximum Gasteiger partial charge on any atom is 0.340 e. The normalized spacial score (nSPS) is 10.3. The van der Waals surface area contributed by atoms with Gasteiger partial charge in [0, 0.05) is 11.4 Å². The number of hydrogen-bond acceptors (Lipinski definition) is 6. The lowest BCUT2D eigenvalue weighted by Gasteiger charge is -2.12. The van der Waals surface area contributed by atoms with Crippen molar-refractivity contribution in [2.45, 2.75) is 20.4 Å². The fourth-order valence-electron chi connectivity index (χ4n) is 2.82. The summed E-state index contributed by atoms with van der Waals surface area (Å²) in [7, 11) is 0. The van der Waals surface area contributed by atoms with Gasteiger partial charge in [-0.2, -0.15) is 0 Å². The Morgan fingerprint density at radius 1 is 0.935 bits per heavy atom. The summed E-state index contributed by atoms with van der Waals surface area (Å²) in [5.41, 5.74) is 3.31. The lowest BCUT2D eigenvalue weighted by molar-refractivity contribution is -0.123. The Hall–Kier alpha value is -4.07. The number of furan rings is 1. The molecule has 8 heteroatoms. The van der Waals surface area contributed by atoms with E-state index in [1.807, 2.05) is 26.0 Å². The van der Waals surface area contributed by atoms with E-state index in [2.05, 4.69) is 16.0 Å². The molecule has 0 unspecified atom stereocenters. The van der Waals surface area contributed by atoms with Crippen LogP contribution in [-0.2, 0) is 16.1 Å². The van der Waals surface area contributed by atoms with Crippen molar-refractivity contribution in [3.8, 4) is 0 Å². The van der Waals surface area contributed by atoms with Crippen molar-refractivity contribution in [3.05, 3.63) is 83.3 Å². The van der Waals surface area contributed by atoms with E-state index in [0.717, 1.165) is 11.1 Å². The topological polar surface area (TPSA) is 110 Å². The van der Waals surface area contributed by atoms with Crippen molar-refractivity contribution >= 4 is 29.3 Å². The van der Waals surface area contributed by atoms with Crippen molar-refractivity contribution < 1.29 is 23.5 Å². The molecule has 2 aromatic carbocycles. The highest BCUT2D eigenvalue weighted by atomic mass is 16.5. The third kappa shape index (κ3) is 5.96. The largest absolute Gasteiger partial charge is 0.467 e. The number of hydrogen-bond donors (Lipinski definition) is 3. The molecule has 160 valence electrons. The van der Waals surface area contributed by atoms with E-state index in [-0.39, 0.29) is 5.56 Å². The molecule has 0 fully saturated rings. The minimum atomic E-state index is -0.739. The van der Waals surface area contributed by atoms with E-state index in [1.54, 1.807) is 48.7 Å². The Kier molecular flexibility index (Phi) is 7.05. The fraction of sp³-hybridized carbons (Fsp3) is 0.174. The van der Waals surface area contributed by atoms with Crippen LogP contribution in [-0.4, -0.2) is 24.5 Å². The average molecular weight is 421 g/mol. The van der Waals surface area contributed by atoms with Crippen LogP contribution in [0.15, 0.2) is 65.3 Å². The number of para-hydroxylation sites is 1. The highest BCUT2D eigenvalue weighted by molar-refractivity contribution is 6.03. The lowest BCUT2D eigenvalue weighted by Crippen LogP contribution is -2.37. The summed E-state index contributed by atoms with van der Waals surface area (Å²) in [6.45, 7) is 3.58. The van der Waals surface area contributed by atoms with E-state index in [0.29, 0.717) is 23.7 Å². The molecule has 31 heavy (non-hydrogen) atoms. The number of anilines is 2. The third-order valence-electron chi connectivity index (χ3n) is 4.62. The first-order chi connectivity index (χ1) is 14.9. The van der Waals surface area contributed by atoms with Crippen LogP contribution in [0.3, 0.4) is 0 Å². The first-order valence-corrected chi connectivity index (χ1v) is 9.63. The number of aryl methyl sites for hydroxylation is 1. The molecule has 1 heterocycles. The fourth-order valence-corrected chi connectivity index (χ4v) is 2.82. The van der Waals surface area contributed by atoms with Gasteiger partial charge in [0.25, 0.3) is 5.91 Å². The minimum Gasteiger partial charge on any atom is -0.467 e. The molecule has 0 aliphatic heterocycles. The van der Waals surface area contributed by atoms with E-state index < -0.39 is 24.5 Å². The van der Waals surface area contributed by atoms with Gasteiger partial charge in [0.15, 0.2) is 6.61 Å². The first kappa shape index (κ1) is 21.6. The molecule has 0 radical (unpaired) electrons. The molecule has 8 nitrogen and oxygen atoms in total. The summed E-state index contributed by atoms with van der Waals surface area (Å²) in [4.78, 5) is 36.5. The van der Waals surface area contributed by atoms with Gasteiger partial charge < -0.3 is 19.8 Å². The molecule has 0 aliphatic carbocycles. The number of urea groups is 1. The van der Waals surface area contributed by atoms with Crippen LogP contribution in [0, 0.1) is 13.8 Å². The summed E-state index contributed by atoms with van der Waals surface area (Å²) in [6, 6.07) is 15.1. The van der Waals surface area contributed by atoms with Gasteiger partial charge in [-0.15, -0.1) is 0 Å². The highest BCUT2D eigenvalue weighted by Crippen LogP contribution is 2.18. The van der Waals surface area contributed by atoms with Crippen molar-refractivity contribution in [1.82, 2.24) is 5.32 Å². The van der Waals surface area contributed by atoms with Crippen LogP contribution in [0.2, 0.25) is 0 Å². The molecule has 0 saturated carbocycles. The molecule has 0 bridgehead atoms. The van der Waals surface area contributed by atoms with Gasteiger partial charge in [0.05, 0.1) is 18.4 Å². The Morgan fingerprint density at radius 3 is 2.48 bits per heavy atom. The Bertz CT molecular complexity index is 1080. The molecular formula is C23H23N3O5. The number of carbonyl (C=O) groups excluding carboxylic acids is 3. The number of esters is 1. The number of nitrogens with one attached hydrogen (secondary N) is 3. The van der Waals surface area contributed by atoms with Crippen LogP contribution in [0.1, 0.15) is 27.2 Å². The van der Waals surface area contributed by atoms with Crippen LogP contribution < -0.4 is 16.0 Å². The van der Waals surface area contributed by atoms with Crippen LogP contribution in [0.25, 0.3) is 0 Å². The molecule has 0 saturated heterocycles. The molecule has 0 spiro atoms. The molecule has 1 aromatic heterocycles. The van der Waals surface area contributed by atoms with Gasteiger partial charge in [-0.25, -0.2) is 9.59 Å². The summed E-state index contributed by atoms with van der Waals surface area (Å²) in [6.07, 6.45) is 1.56. The molecule has 0 atom stereocenters. The van der Waals surface area contributed by atoms with E-state index in [4.69, 9.17) is 9.15 Å². The predicted octanol–water partition coefficient (Wildman–Crippen LogP) is 4.01. The average Bonchev–Trinajstić information content (AvgIpc) is 3.27. The number of amides is 3. The number of imide groups is 1. The van der Waals surface area contributed by atoms with Crippen LogP contribution >= 0.6 is 0 Å². The van der Waals surface area contributed by atoms with Crippen LogP contribution in [0.5, 0.6) is 0 Å². The van der Waals surface area contributed by atoms with Gasteiger partial charge in [-0.3, -0.25) is 10.1 Å². The summed E-state index contributed by atoms with van der Waals surface area (Å²) in [5, 5.41) is 7.85.